The minimum atomic E-state index is 0.524. The third-order valence-electron chi connectivity index (χ3n) is 3.94. The Kier molecular flexibility index (Phi) is 4.37. The molecule has 1 aromatic carbocycles. The van der Waals surface area contributed by atoms with Crippen LogP contribution in [-0.2, 0) is 6.54 Å². The van der Waals surface area contributed by atoms with Crippen molar-refractivity contribution in [3.8, 4) is 0 Å². The number of hydrogen-bond acceptors (Lipinski definition) is 4. The van der Waals surface area contributed by atoms with Crippen molar-refractivity contribution in [3.05, 3.63) is 47.6 Å². The quantitative estimate of drug-likeness (QED) is 0.693. The van der Waals surface area contributed by atoms with Gasteiger partial charge in [0.05, 0.1) is 6.54 Å². The molecule has 1 aromatic heterocycles. The van der Waals surface area contributed by atoms with Gasteiger partial charge in [0.25, 0.3) is 0 Å². The van der Waals surface area contributed by atoms with Gasteiger partial charge in [-0.3, -0.25) is 4.99 Å². The molecule has 6 heteroatoms. The molecule has 2 aromatic rings. The molecule has 0 saturated carbocycles. The van der Waals surface area contributed by atoms with E-state index in [2.05, 4.69) is 55.7 Å². The Balaban J connectivity index is 1.58. The molecule has 1 aliphatic rings. The number of aromatic nitrogens is 2. The summed E-state index contributed by atoms with van der Waals surface area (Å²) in [6, 6.07) is 10.7. The number of aliphatic imine (C=N–C) groups is 1. The lowest BCUT2D eigenvalue weighted by atomic mass is 9.99. The Morgan fingerprint density at radius 1 is 1.41 bits per heavy atom. The fourth-order valence-corrected chi connectivity index (χ4v) is 2.85. The van der Waals surface area contributed by atoms with E-state index in [9.17, 15) is 0 Å². The van der Waals surface area contributed by atoms with Crippen LogP contribution in [0.15, 0.2) is 39.8 Å². The molecular formula is C16H21N5O. The molecule has 0 bridgehead atoms. The SMILES string of the molecule is CN=C(NCc1noc(C)n1)N1CCC(c2ccccc2)C1. The van der Waals surface area contributed by atoms with Gasteiger partial charge in [-0.15, -0.1) is 0 Å². The molecule has 1 atom stereocenters. The molecule has 2 heterocycles. The average Bonchev–Trinajstić information content (AvgIpc) is 3.18. The Bertz CT molecular complexity index is 637. The van der Waals surface area contributed by atoms with E-state index >= 15 is 0 Å². The van der Waals surface area contributed by atoms with E-state index in [1.54, 1.807) is 14.0 Å². The summed E-state index contributed by atoms with van der Waals surface area (Å²) in [5.74, 6) is 2.68. The molecule has 3 rings (SSSR count). The smallest absolute Gasteiger partial charge is 0.223 e. The van der Waals surface area contributed by atoms with Crippen molar-refractivity contribution in [1.29, 1.82) is 0 Å². The molecule has 1 saturated heterocycles. The van der Waals surface area contributed by atoms with Crippen molar-refractivity contribution in [2.75, 3.05) is 20.1 Å². The zero-order chi connectivity index (χ0) is 15.4. The number of nitrogens with zero attached hydrogens (tertiary/aromatic N) is 4. The molecule has 1 unspecified atom stereocenters. The highest BCUT2D eigenvalue weighted by Crippen LogP contribution is 2.26. The van der Waals surface area contributed by atoms with Gasteiger partial charge < -0.3 is 14.7 Å². The van der Waals surface area contributed by atoms with Gasteiger partial charge in [-0.25, -0.2) is 0 Å². The van der Waals surface area contributed by atoms with Gasteiger partial charge in [-0.05, 0) is 12.0 Å². The zero-order valence-corrected chi connectivity index (χ0v) is 13.0. The number of benzene rings is 1. The van der Waals surface area contributed by atoms with Gasteiger partial charge in [-0.2, -0.15) is 4.98 Å². The minimum Gasteiger partial charge on any atom is -0.349 e. The molecule has 6 nitrogen and oxygen atoms in total. The highest BCUT2D eigenvalue weighted by molar-refractivity contribution is 5.80. The van der Waals surface area contributed by atoms with Crippen LogP contribution in [0, 0.1) is 6.92 Å². The molecule has 0 aliphatic carbocycles. The Morgan fingerprint density at radius 3 is 2.91 bits per heavy atom. The summed E-state index contributed by atoms with van der Waals surface area (Å²) < 4.78 is 4.98. The number of rotatable bonds is 3. The first-order valence-corrected chi connectivity index (χ1v) is 7.56. The molecule has 0 spiro atoms. The normalized spacial score (nSPS) is 18.7. The summed E-state index contributed by atoms with van der Waals surface area (Å²) in [5.41, 5.74) is 1.40. The fourth-order valence-electron chi connectivity index (χ4n) is 2.85. The predicted octanol–water partition coefficient (Wildman–Crippen LogP) is 1.94. The summed E-state index contributed by atoms with van der Waals surface area (Å²) in [5, 5.41) is 7.19. The zero-order valence-electron chi connectivity index (χ0n) is 13.0. The number of hydrogen-bond donors (Lipinski definition) is 1. The Labute approximate surface area is 130 Å². The second-order valence-corrected chi connectivity index (χ2v) is 5.47. The first kappa shape index (κ1) is 14.6. The van der Waals surface area contributed by atoms with Crippen LogP contribution in [0.5, 0.6) is 0 Å². The van der Waals surface area contributed by atoms with E-state index in [-0.39, 0.29) is 0 Å². The van der Waals surface area contributed by atoms with Gasteiger partial charge in [0.2, 0.25) is 5.89 Å². The van der Waals surface area contributed by atoms with E-state index in [4.69, 9.17) is 4.52 Å². The van der Waals surface area contributed by atoms with Crippen LogP contribution in [0.1, 0.15) is 29.6 Å². The monoisotopic (exact) mass is 299 g/mol. The lowest BCUT2D eigenvalue weighted by Crippen LogP contribution is -2.39. The highest BCUT2D eigenvalue weighted by Gasteiger charge is 2.25. The lowest BCUT2D eigenvalue weighted by Gasteiger charge is -2.21. The highest BCUT2D eigenvalue weighted by atomic mass is 16.5. The van der Waals surface area contributed by atoms with E-state index < -0.39 is 0 Å². The van der Waals surface area contributed by atoms with Crippen LogP contribution in [-0.4, -0.2) is 41.1 Å². The number of likely N-dealkylation sites (tertiary alicyclic amines) is 1. The van der Waals surface area contributed by atoms with Crippen molar-refractivity contribution in [2.45, 2.75) is 25.8 Å². The molecule has 1 fully saturated rings. The van der Waals surface area contributed by atoms with Gasteiger partial charge in [0.15, 0.2) is 11.8 Å². The summed E-state index contributed by atoms with van der Waals surface area (Å²) in [4.78, 5) is 10.8. The third kappa shape index (κ3) is 3.27. The molecule has 116 valence electrons. The van der Waals surface area contributed by atoms with Crippen LogP contribution < -0.4 is 5.32 Å². The maximum atomic E-state index is 4.98. The summed E-state index contributed by atoms with van der Waals surface area (Å²) in [7, 11) is 1.81. The van der Waals surface area contributed by atoms with Crippen molar-refractivity contribution in [2.24, 2.45) is 4.99 Å². The maximum absolute atomic E-state index is 4.98. The van der Waals surface area contributed by atoms with Crippen LogP contribution in [0.3, 0.4) is 0 Å². The van der Waals surface area contributed by atoms with Crippen LogP contribution in [0.2, 0.25) is 0 Å². The second kappa shape index (κ2) is 6.60. The van der Waals surface area contributed by atoms with Crippen molar-refractivity contribution in [1.82, 2.24) is 20.4 Å². The summed E-state index contributed by atoms with van der Waals surface area (Å²) in [6.45, 7) is 4.30. The van der Waals surface area contributed by atoms with Crippen molar-refractivity contribution in [3.63, 3.8) is 0 Å². The third-order valence-corrected chi connectivity index (χ3v) is 3.94. The standard InChI is InChI=1S/C16H21N5O/c1-12-19-15(20-22-12)10-18-16(17-2)21-9-8-14(11-21)13-6-4-3-5-7-13/h3-7,14H,8-11H2,1-2H3,(H,17,18). The predicted molar refractivity (Wildman–Crippen MR) is 84.6 cm³/mol. The summed E-state index contributed by atoms with van der Waals surface area (Å²) >= 11 is 0. The summed E-state index contributed by atoms with van der Waals surface area (Å²) in [6.07, 6.45) is 1.14. The van der Waals surface area contributed by atoms with E-state index in [1.165, 1.54) is 5.56 Å². The largest absolute Gasteiger partial charge is 0.349 e. The van der Waals surface area contributed by atoms with E-state index in [1.807, 2.05) is 0 Å². The van der Waals surface area contributed by atoms with Crippen LogP contribution >= 0.6 is 0 Å². The van der Waals surface area contributed by atoms with E-state index in [0.29, 0.717) is 24.2 Å². The van der Waals surface area contributed by atoms with Crippen LogP contribution in [0.25, 0.3) is 0 Å². The van der Waals surface area contributed by atoms with Gasteiger partial charge in [0.1, 0.15) is 0 Å². The van der Waals surface area contributed by atoms with Crippen molar-refractivity contribution < 1.29 is 4.52 Å². The Morgan fingerprint density at radius 2 is 2.23 bits per heavy atom. The van der Waals surface area contributed by atoms with Gasteiger partial charge in [-0.1, -0.05) is 35.5 Å². The number of guanidine groups is 1. The molecule has 1 N–H and O–H groups in total. The lowest BCUT2D eigenvalue weighted by molar-refractivity contribution is 0.386. The van der Waals surface area contributed by atoms with Gasteiger partial charge >= 0.3 is 0 Å². The molecule has 0 amide bonds. The van der Waals surface area contributed by atoms with E-state index in [0.717, 1.165) is 25.5 Å². The first-order chi connectivity index (χ1) is 10.8. The van der Waals surface area contributed by atoms with Crippen molar-refractivity contribution >= 4 is 5.96 Å². The topological polar surface area (TPSA) is 66.5 Å². The molecular weight excluding hydrogens is 278 g/mol. The number of nitrogens with one attached hydrogen (secondary N) is 1. The fraction of sp³-hybridized carbons (Fsp3) is 0.438. The Hall–Kier alpha value is -2.37. The molecule has 0 radical (unpaired) electrons. The van der Waals surface area contributed by atoms with Crippen LogP contribution in [0.4, 0.5) is 0 Å². The average molecular weight is 299 g/mol. The first-order valence-electron chi connectivity index (χ1n) is 7.56. The van der Waals surface area contributed by atoms with Gasteiger partial charge in [0, 0.05) is 33.0 Å². The maximum Gasteiger partial charge on any atom is 0.223 e. The number of aryl methyl sites for hydroxylation is 1. The second-order valence-electron chi connectivity index (χ2n) is 5.47. The molecule has 1 aliphatic heterocycles. The minimum absolute atomic E-state index is 0.524. The molecule has 22 heavy (non-hydrogen) atoms.